The molecule has 0 bridgehead atoms. The maximum Gasteiger partial charge on any atom is 0.187 e. The number of hydrogen-bond acceptors (Lipinski definition) is 11. The first-order valence-electron chi connectivity index (χ1n) is 9.82. The van der Waals surface area contributed by atoms with E-state index >= 15 is 0 Å². The van der Waals surface area contributed by atoms with Gasteiger partial charge in [0, 0.05) is 0 Å². The molecule has 31 heavy (non-hydrogen) atoms. The third kappa shape index (κ3) is 5.99. The van der Waals surface area contributed by atoms with Gasteiger partial charge < -0.3 is 54.7 Å². The standard InChI is InChI=1S/C20H28O11/c21-11-5-3-10(4-6-11)2-1-7-28-20-18(27)16(25)15(24)13(31-20)9-30-19-17(26)14(23)12(22)8-29-19/h1-6,12-27H,7-9H2/b2-1-/t12-,13+,14-,15+,16-,17+,18+,19+,20+/m0/s1. The van der Waals surface area contributed by atoms with Crippen molar-refractivity contribution in [2.75, 3.05) is 19.8 Å². The Morgan fingerprint density at radius 2 is 1.52 bits per heavy atom. The molecule has 2 heterocycles. The zero-order valence-electron chi connectivity index (χ0n) is 16.5. The Hall–Kier alpha value is -1.64. The predicted molar refractivity (Wildman–Crippen MR) is 103 cm³/mol. The van der Waals surface area contributed by atoms with Crippen LogP contribution in [0.3, 0.4) is 0 Å². The number of rotatable bonds is 7. The Labute approximate surface area is 178 Å². The minimum absolute atomic E-state index is 0.0214. The van der Waals surface area contributed by atoms with Crippen molar-refractivity contribution in [2.24, 2.45) is 0 Å². The van der Waals surface area contributed by atoms with E-state index in [9.17, 15) is 35.7 Å². The molecule has 11 heteroatoms. The van der Waals surface area contributed by atoms with Crippen LogP contribution < -0.4 is 0 Å². The highest BCUT2D eigenvalue weighted by atomic mass is 16.7. The monoisotopic (exact) mass is 444 g/mol. The minimum atomic E-state index is -1.57. The number of phenolic OH excluding ortho intramolecular Hbond substituents is 1. The van der Waals surface area contributed by atoms with Gasteiger partial charge in [-0.15, -0.1) is 0 Å². The van der Waals surface area contributed by atoms with Crippen LogP contribution in [0.4, 0.5) is 0 Å². The van der Waals surface area contributed by atoms with Gasteiger partial charge in [-0.3, -0.25) is 0 Å². The smallest absolute Gasteiger partial charge is 0.187 e. The van der Waals surface area contributed by atoms with E-state index < -0.39 is 55.3 Å². The lowest BCUT2D eigenvalue weighted by Gasteiger charge is -2.41. The third-order valence-corrected chi connectivity index (χ3v) is 5.11. The maximum absolute atomic E-state index is 10.2. The number of aromatic hydroxyl groups is 1. The summed E-state index contributed by atoms with van der Waals surface area (Å²) in [5.41, 5.74) is 0.812. The number of aliphatic hydroxyl groups excluding tert-OH is 6. The van der Waals surface area contributed by atoms with E-state index in [1.165, 1.54) is 12.1 Å². The zero-order chi connectivity index (χ0) is 22.5. The number of aliphatic hydroxyl groups is 6. The first-order valence-corrected chi connectivity index (χ1v) is 9.82. The van der Waals surface area contributed by atoms with Crippen LogP contribution in [0.25, 0.3) is 6.08 Å². The average Bonchev–Trinajstić information content (AvgIpc) is 2.76. The summed E-state index contributed by atoms with van der Waals surface area (Å²) >= 11 is 0. The molecule has 0 saturated carbocycles. The molecule has 2 saturated heterocycles. The highest BCUT2D eigenvalue weighted by molar-refractivity contribution is 5.50. The first-order chi connectivity index (χ1) is 14.8. The van der Waals surface area contributed by atoms with E-state index in [1.54, 1.807) is 24.3 Å². The fraction of sp³-hybridized carbons (Fsp3) is 0.600. The molecule has 0 spiro atoms. The molecule has 11 nitrogen and oxygen atoms in total. The van der Waals surface area contributed by atoms with Crippen molar-refractivity contribution in [1.82, 2.24) is 0 Å². The van der Waals surface area contributed by atoms with Gasteiger partial charge in [-0.1, -0.05) is 24.3 Å². The molecule has 7 N–H and O–H groups in total. The van der Waals surface area contributed by atoms with E-state index in [4.69, 9.17) is 18.9 Å². The Bertz CT molecular complexity index is 712. The largest absolute Gasteiger partial charge is 0.508 e. The van der Waals surface area contributed by atoms with Crippen LogP contribution in [0.5, 0.6) is 5.75 Å². The molecule has 2 fully saturated rings. The summed E-state index contributed by atoms with van der Waals surface area (Å²) in [6.45, 7) is -0.580. The van der Waals surface area contributed by atoms with E-state index in [1.807, 2.05) is 0 Å². The summed E-state index contributed by atoms with van der Waals surface area (Å²) < 4.78 is 21.4. The molecule has 9 atom stereocenters. The number of phenols is 1. The van der Waals surface area contributed by atoms with Crippen LogP contribution in [-0.2, 0) is 18.9 Å². The summed E-state index contributed by atoms with van der Waals surface area (Å²) in [5, 5.41) is 68.7. The molecule has 1 aromatic carbocycles. The van der Waals surface area contributed by atoms with Gasteiger partial charge >= 0.3 is 0 Å². The molecular weight excluding hydrogens is 416 g/mol. The second-order valence-corrected chi connectivity index (χ2v) is 7.43. The van der Waals surface area contributed by atoms with Crippen molar-refractivity contribution in [1.29, 1.82) is 0 Å². The first kappa shape index (κ1) is 24.0. The Balaban J connectivity index is 1.51. The van der Waals surface area contributed by atoms with Gasteiger partial charge in [-0.25, -0.2) is 0 Å². The molecule has 0 aromatic heterocycles. The van der Waals surface area contributed by atoms with Crippen molar-refractivity contribution in [3.8, 4) is 5.75 Å². The molecule has 1 aromatic rings. The van der Waals surface area contributed by atoms with Crippen molar-refractivity contribution in [3.05, 3.63) is 35.9 Å². The predicted octanol–water partition coefficient (Wildman–Crippen LogP) is -2.31. The summed E-state index contributed by atoms with van der Waals surface area (Å²) in [7, 11) is 0. The number of ether oxygens (including phenoxy) is 4. The molecule has 0 amide bonds. The highest BCUT2D eigenvalue weighted by Crippen LogP contribution is 2.24. The molecule has 0 unspecified atom stereocenters. The topological polar surface area (TPSA) is 179 Å². The van der Waals surface area contributed by atoms with Gasteiger partial charge in [0.15, 0.2) is 12.6 Å². The molecular formula is C20H28O11. The summed E-state index contributed by atoms with van der Waals surface area (Å²) in [5.74, 6) is 0.143. The zero-order valence-corrected chi connectivity index (χ0v) is 16.5. The van der Waals surface area contributed by atoms with Gasteiger partial charge in [0.05, 0.1) is 19.8 Å². The minimum Gasteiger partial charge on any atom is -0.508 e. The molecule has 2 aliphatic rings. The Kier molecular flexibility index (Phi) is 8.36. The van der Waals surface area contributed by atoms with Crippen LogP contribution in [0, 0.1) is 0 Å². The van der Waals surface area contributed by atoms with Crippen molar-refractivity contribution >= 4 is 6.08 Å². The van der Waals surface area contributed by atoms with E-state index in [0.717, 1.165) is 5.56 Å². The molecule has 3 rings (SSSR count). The highest BCUT2D eigenvalue weighted by Gasteiger charge is 2.45. The van der Waals surface area contributed by atoms with Crippen molar-refractivity contribution < 1.29 is 54.7 Å². The molecule has 2 aliphatic heterocycles. The maximum atomic E-state index is 10.2. The van der Waals surface area contributed by atoms with Crippen LogP contribution in [0.15, 0.2) is 30.3 Å². The third-order valence-electron chi connectivity index (χ3n) is 5.11. The van der Waals surface area contributed by atoms with Gasteiger partial charge in [-0.2, -0.15) is 0 Å². The normalized spacial score (nSPS) is 39.1. The fourth-order valence-corrected chi connectivity index (χ4v) is 3.23. The van der Waals surface area contributed by atoms with Gasteiger partial charge in [0.25, 0.3) is 0 Å². The van der Waals surface area contributed by atoms with Gasteiger partial charge in [0.2, 0.25) is 0 Å². The lowest BCUT2D eigenvalue weighted by molar-refractivity contribution is -0.319. The van der Waals surface area contributed by atoms with Crippen LogP contribution in [-0.4, -0.2) is 111 Å². The van der Waals surface area contributed by atoms with Crippen LogP contribution in [0.1, 0.15) is 5.56 Å². The van der Waals surface area contributed by atoms with Crippen molar-refractivity contribution in [2.45, 2.75) is 55.3 Å². The average molecular weight is 444 g/mol. The summed E-state index contributed by atoms with van der Waals surface area (Å²) in [4.78, 5) is 0. The second kappa shape index (κ2) is 10.8. The summed E-state index contributed by atoms with van der Waals surface area (Å²) in [6.07, 6.45) is -9.10. The second-order valence-electron chi connectivity index (χ2n) is 7.43. The van der Waals surface area contributed by atoms with Crippen LogP contribution in [0.2, 0.25) is 0 Å². The summed E-state index contributed by atoms with van der Waals surface area (Å²) in [6, 6.07) is 6.46. The van der Waals surface area contributed by atoms with Gasteiger partial charge in [0.1, 0.15) is 48.5 Å². The lowest BCUT2D eigenvalue weighted by atomic mass is 9.99. The SMILES string of the molecule is Oc1ccc(/C=C\CO[C@@H]2O[C@H](CO[C@H]3OC[C@H](O)[C@H](O)[C@H]3O)[C@@H](O)[C@H](O)[C@H]2O)cc1. The molecule has 0 radical (unpaired) electrons. The number of hydrogen-bond donors (Lipinski definition) is 7. The molecule has 0 aliphatic carbocycles. The lowest BCUT2D eigenvalue weighted by Crippen LogP contribution is -2.60. The van der Waals surface area contributed by atoms with E-state index in [-0.39, 0.29) is 25.6 Å². The Morgan fingerprint density at radius 3 is 2.23 bits per heavy atom. The van der Waals surface area contributed by atoms with E-state index in [0.29, 0.717) is 0 Å². The van der Waals surface area contributed by atoms with Crippen LogP contribution >= 0.6 is 0 Å². The Morgan fingerprint density at radius 1 is 0.839 bits per heavy atom. The van der Waals surface area contributed by atoms with Crippen molar-refractivity contribution in [3.63, 3.8) is 0 Å². The molecule has 174 valence electrons. The fourth-order valence-electron chi connectivity index (χ4n) is 3.23. The quantitative estimate of drug-likeness (QED) is 0.240. The van der Waals surface area contributed by atoms with E-state index in [2.05, 4.69) is 0 Å². The number of benzene rings is 1. The van der Waals surface area contributed by atoms with Gasteiger partial charge in [-0.05, 0) is 17.7 Å².